The van der Waals surface area contributed by atoms with Gasteiger partial charge in [-0.15, -0.1) is 0 Å². The number of hydrogen-bond acceptors (Lipinski definition) is 11. The number of halogens is 2. The maximum absolute atomic E-state index is 15.7. The molecule has 10 unspecified atom stereocenters. The topological polar surface area (TPSA) is 109 Å². The van der Waals surface area contributed by atoms with Crippen LogP contribution in [0.5, 0.6) is 0 Å². The summed E-state index contributed by atoms with van der Waals surface area (Å²) in [7, 11) is 0. The molecule has 10 atom stereocenters. The van der Waals surface area contributed by atoms with Crippen molar-refractivity contribution in [3.05, 3.63) is 215 Å². The molecule has 4 aliphatic rings. The third-order valence-corrected chi connectivity index (χ3v) is 11.7. The van der Waals surface area contributed by atoms with Gasteiger partial charge in [0.15, 0.2) is 24.8 Å². The maximum Gasteiger partial charge on any atom is 0.326 e. The van der Waals surface area contributed by atoms with Gasteiger partial charge in [-0.2, -0.15) is 8.78 Å². The Hall–Kier alpha value is -5.55. The highest BCUT2D eigenvalue weighted by Gasteiger charge is 2.62. The largest absolute Gasteiger partial charge is 0.364 e. The van der Waals surface area contributed by atoms with Crippen LogP contribution < -0.4 is 0 Å². The summed E-state index contributed by atoms with van der Waals surface area (Å²) in [6.07, 6.45) is -9.51. The zero-order chi connectivity index (χ0) is 45.8. The van der Waals surface area contributed by atoms with Crippen LogP contribution in [0.25, 0.3) is 0 Å². The Balaban J connectivity index is 0.000000168. The van der Waals surface area contributed by atoms with Crippen LogP contribution >= 0.6 is 0 Å². The number of ketones is 1. The van der Waals surface area contributed by atoms with Crippen LogP contribution in [0.1, 0.15) is 46.0 Å². The first kappa shape index (κ1) is 46.6. The molecule has 0 spiro atoms. The van der Waals surface area contributed by atoms with E-state index in [0.29, 0.717) is 0 Å². The Labute approximate surface area is 388 Å². The van der Waals surface area contributed by atoms with Crippen LogP contribution in [0, 0.1) is 0 Å². The van der Waals surface area contributed by atoms with Gasteiger partial charge in [-0.05, 0) is 22.3 Å². The molecule has 10 rings (SSSR count). The summed E-state index contributed by atoms with van der Waals surface area (Å²) >= 11 is 0. The molecule has 0 bridgehead atoms. The summed E-state index contributed by atoms with van der Waals surface area (Å²) in [5, 5.41) is 0. The van der Waals surface area contributed by atoms with E-state index in [-0.39, 0.29) is 45.4 Å². The highest BCUT2D eigenvalue weighted by molar-refractivity contribution is 5.87. The minimum Gasteiger partial charge on any atom is -0.364 e. The van der Waals surface area contributed by atoms with Gasteiger partial charge in [-0.1, -0.05) is 182 Å². The standard InChI is InChI=1S/C27H26F2O5.C27H26O6/c28-27(29)24(30-16-19-10-4-1-5-11-19)23-22(18-31-25(34-23)21-14-8-3-9-15-21)33-26(27)32-17-20-12-6-2-7-13-20;28-23-25(29-16-19-10-4-1-5-11-19)24-22(18-31-26(33-24)21-14-8-3-9-15-21)32-27(23)30-17-20-12-6-2-7-13-20/h1-15,22-26H,16-18H2;1-15,22,24-27H,16-18H2. The average molecular weight is 915 g/mol. The summed E-state index contributed by atoms with van der Waals surface area (Å²) in [5.41, 5.74) is 5.11. The SMILES string of the molecule is FC1(F)C(OCc2ccccc2)OC2COC(c3ccccc3)OC2C1OCc1ccccc1.O=C1C(OCc2ccccc2)OC2COC(c3ccccc3)OC2C1OCc1ccccc1. The highest BCUT2D eigenvalue weighted by Crippen LogP contribution is 2.43. The van der Waals surface area contributed by atoms with Gasteiger partial charge in [0, 0.05) is 11.1 Å². The molecule has 0 amide bonds. The Kier molecular flexibility index (Phi) is 15.6. The van der Waals surface area contributed by atoms with Gasteiger partial charge in [-0.25, -0.2) is 0 Å². The molecular formula is C54H52F2O11. The predicted octanol–water partition coefficient (Wildman–Crippen LogP) is 9.46. The quantitative estimate of drug-likeness (QED) is 0.104. The molecule has 0 aliphatic carbocycles. The van der Waals surface area contributed by atoms with Crippen molar-refractivity contribution in [2.75, 3.05) is 13.2 Å². The van der Waals surface area contributed by atoms with Gasteiger partial charge in [0.1, 0.15) is 24.4 Å². The minimum absolute atomic E-state index is 0.00986. The summed E-state index contributed by atoms with van der Waals surface area (Å²) in [6, 6.07) is 56.6. The molecule has 4 aliphatic heterocycles. The van der Waals surface area contributed by atoms with Gasteiger partial charge >= 0.3 is 5.92 Å². The first-order chi connectivity index (χ1) is 32.9. The molecule has 6 aromatic rings. The first-order valence-electron chi connectivity index (χ1n) is 22.4. The number of carbonyl (C=O) groups is 1. The minimum atomic E-state index is -3.46. The summed E-state index contributed by atoms with van der Waals surface area (Å²) in [6.45, 7) is 0.888. The number of Topliss-reactive ketones (excluding diaryl/α,β-unsaturated/α-hetero) is 1. The molecule has 4 fully saturated rings. The molecule has 348 valence electrons. The molecule has 0 saturated carbocycles. The third-order valence-electron chi connectivity index (χ3n) is 11.7. The molecular weight excluding hydrogens is 863 g/mol. The second-order valence-corrected chi connectivity index (χ2v) is 16.5. The van der Waals surface area contributed by atoms with E-state index in [1.807, 2.05) is 182 Å². The number of fused-ring (bicyclic) bond motifs is 2. The number of ether oxygens (including phenoxy) is 10. The van der Waals surface area contributed by atoms with Crippen molar-refractivity contribution >= 4 is 5.78 Å². The van der Waals surface area contributed by atoms with E-state index in [1.54, 1.807) is 0 Å². The molecule has 0 radical (unpaired) electrons. The van der Waals surface area contributed by atoms with Crippen LogP contribution in [0.4, 0.5) is 8.78 Å². The van der Waals surface area contributed by atoms with Crippen molar-refractivity contribution in [3.63, 3.8) is 0 Å². The van der Waals surface area contributed by atoms with E-state index in [4.69, 9.17) is 47.4 Å². The van der Waals surface area contributed by atoms with Crippen LogP contribution in [-0.2, 0) is 78.6 Å². The Bertz CT molecular complexity index is 2400. The van der Waals surface area contributed by atoms with E-state index in [1.165, 1.54) is 0 Å². The summed E-state index contributed by atoms with van der Waals surface area (Å²) in [4.78, 5) is 13.4. The van der Waals surface area contributed by atoms with Crippen LogP contribution in [-0.4, -0.2) is 74.1 Å². The fourth-order valence-electron chi connectivity index (χ4n) is 8.22. The first-order valence-corrected chi connectivity index (χ1v) is 22.4. The van der Waals surface area contributed by atoms with Crippen molar-refractivity contribution < 1.29 is 60.9 Å². The second kappa shape index (κ2) is 22.5. The Morgan fingerprint density at radius 3 is 1.31 bits per heavy atom. The molecule has 4 saturated heterocycles. The lowest BCUT2D eigenvalue weighted by Gasteiger charge is -2.48. The smallest absolute Gasteiger partial charge is 0.326 e. The molecule has 13 heteroatoms. The van der Waals surface area contributed by atoms with Gasteiger partial charge in [-0.3, -0.25) is 4.79 Å². The van der Waals surface area contributed by atoms with E-state index in [2.05, 4.69) is 0 Å². The van der Waals surface area contributed by atoms with Crippen molar-refractivity contribution in [2.45, 2.75) is 94.1 Å². The summed E-state index contributed by atoms with van der Waals surface area (Å²) < 4.78 is 90.5. The Morgan fingerprint density at radius 1 is 0.448 bits per heavy atom. The molecule has 0 aromatic heterocycles. The van der Waals surface area contributed by atoms with E-state index in [9.17, 15) is 4.79 Å². The van der Waals surface area contributed by atoms with Crippen molar-refractivity contribution in [1.82, 2.24) is 0 Å². The molecule has 0 N–H and O–H groups in total. The number of carbonyl (C=O) groups excluding carboxylic acids is 1. The lowest BCUT2D eigenvalue weighted by atomic mass is 9.96. The highest BCUT2D eigenvalue weighted by atomic mass is 19.3. The number of rotatable bonds is 14. The zero-order valence-electron chi connectivity index (χ0n) is 36.6. The molecule has 4 heterocycles. The van der Waals surface area contributed by atoms with Crippen molar-refractivity contribution in [3.8, 4) is 0 Å². The second-order valence-electron chi connectivity index (χ2n) is 16.5. The normalized spacial score (nSPS) is 27.7. The van der Waals surface area contributed by atoms with E-state index in [0.717, 1.165) is 33.4 Å². The molecule has 6 aromatic carbocycles. The van der Waals surface area contributed by atoms with E-state index < -0.39 is 67.7 Å². The predicted molar refractivity (Wildman–Crippen MR) is 240 cm³/mol. The summed E-state index contributed by atoms with van der Waals surface area (Å²) in [5.74, 6) is -3.74. The fraction of sp³-hybridized carbons (Fsp3) is 0.315. The van der Waals surface area contributed by atoms with Gasteiger partial charge < -0.3 is 47.4 Å². The van der Waals surface area contributed by atoms with E-state index >= 15 is 8.78 Å². The lowest BCUT2D eigenvalue weighted by Crippen LogP contribution is -2.66. The van der Waals surface area contributed by atoms with Crippen molar-refractivity contribution in [2.24, 2.45) is 0 Å². The number of benzene rings is 6. The van der Waals surface area contributed by atoms with Gasteiger partial charge in [0.25, 0.3) is 0 Å². The lowest BCUT2D eigenvalue weighted by molar-refractivity contribution is -0.405. The van der Waals surface area contributed by atoms with Crippen LogP contribution in [0.15, 0.2) is 182 Å². The Morgan fingerprint density at radius 2 is 0.836 bits per heavy atom. The maximum atomic E-state index is 15.7. The monoisotopic (exact) mass is 914 g/mol. The van der Waals surface area contributed by atoms with Gasteiger partial charge in [0.05, 0.1) is 39.6 Å². The molecule has 67 heavy (non-hydrogen) atoms. The van der Waals surface area contributed by atoms with Crippen LogP contribution in [0.2, 0.25) is 0 Å². The number of alkyl halides is 2. The number of hydrogen-bond donors (Lipinski definition) is 0. The van der Waals surface area contributed by atoms with Gasteiger partial charge in [0.2, 0.25) is 18.4 Å². The third kappa shape index (κ3) is 11.8. The van der Waals surface area contributed by atoms with Crippen LogP contribution in [0.3, 0.4) is 0 Å². The van der Waals surface area contributed by atoms with Crippen molar-refractivity contribution in [1.29, 1.82) is 0 Å². The average Bonchev–Trinajstić information content (AvgIpc) is 3.38. The molecule has 11 nitrogen and oxygen atoms in total. The fourth-order valence-corrected chi connectivity index (χ4v) is 8.22. The zero-order valence-corrected chi connectivity index (χ0v) is 36.6.